The van der Waals surface area contributed by atoms with Gasteiger partial charge in [0.05, 0.1) is 18.6 Å². The van der Waals surface area contributed by atoms with E-state index in [1.54, 1.807) is 0 Å². The molecule has 0 radical (unpaired) electrons. The van der Waals surface area contributed by atoms with Crippen molar-refractivity contribution < 1.29 is 16.8 Å². The van der Waals surface area contributed by atoms with E-state index in [9.17, 15) is 16.8 Å². The number of rotatable bonds is 8. The van der Waals surface area contributed by atoms with Crippen LogP contribution in [0, 0.1) is 0 Å². The van der Waals surface area contributed by atoms with Gasteiger partial charge in [-0.1, -0.05) is 0 Å². The van der Waals surface area contributed by atoms with E-state index in [1.165, 1.54) is 0 Å². The van der Waals surface area contributed by atoms with Gasteiger partial charge in [-0.15, -0.1) is 0 Å². The fourth-order valence-corrected chi connectivity index (χ4v) is 2.64. The monoisotopic (exact) mass is 324 g/mol. The minimum Gasteiger partial charge on any atom is -0.292 e. The van der Waals surface area contributed by atoms with Crippen LogP contribution < -0.4 is 20.7 Å². The predicted octanol–water partition coefficient (Wildman–Crippen LogP) is -2.02. The van der Waals surface area contributed by atoms with Gasteiger partial charge in [0.25, 0.3) is 0 Å². The van der Waals surface area contributed by atoms with Crippen molar-refractivity contribution in [3.63, 3.8) is 0 Å². The number of anilines is 1. The molecular weight excluding hydrogens is 308 g/mol. The molecule has 12 heteroatoms. The molecule has 0 aliphatic rings. The molecule has 0 saturated heterocycles. The molecule has 114 valence electrons. The van der Waals surface area contributed by atoms with Crippen LogP contribution in [-0.4, -0.2) is 46.1 Å². The van der Waals surface area contributed by atoms with E-state index in [0.29, 0.717) is 6.42 Å². The summed E-state index contributed by atoms with van der Waals surface area (Å²) >= 11 is 0. The van der Waals surface area contributed by atoms with Crippen molar-refractivity contribution in [3.8, 4) is 0 Å². The molecule has 0 amide bonds. The van der Waals surface area contributed by atoms with Crippen LogP contribution in [0.1, 0.15) is 6.42 Å². The van der Waals surface area contributed by atoms with Crippen molar-refractivity contribution in [2.45, 2.75) is 11.3 Å². The van der Waals surface area contributed by atoms with Crippen LogP contribution in [0.3, 0.4) is 0 Å². The number of hydrogen-bond acceptors (Lipinski definition) is 8. The maximum atomic E-state index is 11.8. The maximum absolute atomic E-state index is 11.8. The second-order valence-corrected chi connectivity index (χ2v) is 7.40. The van der Waals surface area contributed by atoms with Gasteiger partial charge in [0.2, 0.25) is 26.0 Å². The van der Waals surface area contributed by atoms with E-state index >= 15 is 0 Å². The molecule has 0 fully saturated rings. The average molecular weight is 324 g/mol. The molecule has 1 aromatic rings. The largest absolute Gasteiger partial charge is 0.292 e. The molecule has 1 aromatic heterocycles. The molecule has 0 atom stereocenters. The minimum absolute atomic E-state index is 0.0851. The van der Waals surface area contributed by atoms with Crippen molar-refractivity contribution in [1.29, 1.82) is 0 Å². The van der Waals surface area contributed by atoms with Crippen LogP contribution >= 0.6 is 0 Å². The third-order valence-corrected chi connectivity index (χ3v) is 4.22. The van der Waals surface area contributed by atoms with E-state index < -0.39 is 20.0 Å². The van der Waals surface area contributed by atoms with Gasteiger partial charge in [0.1, 0.15) is 4.90 Å². The Hall–Kier alpha value is -1.34. The SMILES string of the molecule is CS(=O)(=O)NCCCNS(=O)(=O)c1cnc(NN)nc1. The number of aromatic nitrogens is 2. The lowest BCUT2D eigenvalue weighted by Gasteiger charge is -2.07. The first-order valence-corrected chi connectivity index (χ1v) is 8.85. The molecule has 0 saturated carbocycles. The van der Waals surface area contributed by atoms with Gasteiger partial charge in [-0.25, -0.2) is 42.1 Å². The summed E-state index contributed by atoms with van der Waals surface area (Å²) in [6.45, 7) is 0.232. The maximum Gasteiger partial charge on any atom is 0.243 e. The number of nitrogens with one attached hydrogen (secondary N) is 3. The molecule has 10 nitrogen and oxygen atoms in total. The number of sulfonamides is 2. The minimum atomic E-state index is -3.72. The third-order valence-electron chi connectivity index (χ3n) is 2.08. The van der Waals surface area contributed by atoms with Crippen molar-refractivity contribution in [2.75, 3.05) is 24.8 Å². The zero-order valence-corrected chi connectivity index (χ0v) is 12.3. The number of hydrazine groups is 1. The van der Waals surface area contributed by atoms with Crippen LogP contribution in [0.4, 0.5) is 5.95 Å². The summed E-state index contributed by atoms with van der Waals surface area (Å²) in [5.74, 6) is 5.16. The summed E-state index contributed by atoms with van der Waals surface area (Å²) in [4.78, 5) is 7.26. The average Bonchev–Trinajstić information content (AvgIpc) is 2.37. The van der Waals surface area contributed by atoms with E-state index in [1.807, 2.05) is 0 Å². The number of nitrogens with zero attached hydrogens (tertiary/aromatic N) is 2. The van der Waals surface area contributed by atoms with Crippen molar-refractivity contribution in [2.24, 2.45) is 5.84 Å². The summed E-state index contributed by atoms with van der Waals surface area (Å²) in [6.07, 6.45) is 3.57. The Morgan fingerprint density at radius 3 is 2.15 bits per heavy atom. The van der Waals surface area contributed by atoms with Crippen LogP contribution in [0.2, 0.25) is 0 Å². The van der Waals surface area contributed by atoms with Gasteiger partial charge in [0.15, 0.2) is 0 Å². The standard InChI is InChI=1S/C8H16N6O4S2/c1-19(15,16)12-3-2-4-13-20(17,18)7-5-10-8(14-9)11-6-7/h5-6,12-13H,2-4,9H2,1H3,(H,10,11,14). The Balaban J connectivity index is 2.49. The summed E-state index contributed by atoms with van der Waals surface area (Å²) in [7, 11) is -6.99. The molecule has 1 rings (SSSR count). The molecule has 1 heterocycles. The van der Waals surface area contributed by atoms with Crippen LogP contribution in [0.25, 0.3) is 0 Å². The lowest BCUT2D eigenvalue weighted by molar-refractivity contribution is 0.574. The predicted molar refractivity (Wildman–Crippen MR) is 72.5 cm³/mol. The molecule has 0 bridgehead atoms. The normalized spacial score (nSPS) is 12.3. The van der Waals surface area contributed by atoms with Crippen molar-refractivity contribution >= 4 is 26.0 Å². The zero-order chi connectivity index (χ0) is 15.2. The summed E-state index contributed by atoms with van der Waals surface area (Å²) in [6, 6.07) is 0. The zero-order valence-electron chi connectivity index (χ0n) is 10.7. The summed E-state index contributed by atoms with van der Waals surface area (Å²) < 4.78 is 49.8. The van der Waals surface area contributed by atoms with Crippen LogP contribution in [0.5, 0.6) is 0 Å². The highest BCUT2D eigenvalue weighted by Gasteiger charge is 2.14. The van der Waals surface area contributed by atoms with E-state index in [2.05, 4.69) is 24.8 Å². The van der Waals surface area contributed by atoms with Gasteiger partial charge in [-0.05, 0) is 6.42 Å². The molecule has 0 unspecified atom stereocenters. The molecule has 0 aromatic carbocycles. The van der Waals surface area contributed by atoms with E-state index in [4.69, 9.17) is 5.84 Å². The molecule has 0 aliphatic carbocycles. The molecule has 20 heavy (non-hydrogen) atoms. The summed E-state index contributed by atoms with van der Waals surface area (Å²) in [5.41, 5.74) is 2.18. The van der Waals surface area contributed by atoms with E-state index in [0.717, 1.165) is 18.6 Å². The smallest absolute Gasteiger partial charge is 0.243 e. The molecule has 0 spiro atoms. The fourth-order valence-electron chi connectivity index (χ4n) is 1.17. The van der Waals surface area contributed by atoms with Crippen LogP contribution in [-0.2, 0) is 20.0 Å². The highest BCUT2D eigenvalue weighted by atomic mass is 32.2. The second kappa shape index (κ2) is 6.90. The fraction of sp³-hybridized carbons (Fsp3) is 0.500. The third kappa shape index (κ3) is 5.75. The topological polar surface area (TPSA) is 156 Å². The highest BCUT2D eigenvalue weighted by molar-refractivity contribution is 7.89. The number of nitrogens with two attached hydrogens (primary N) is 1. The Kier molecular flexibility index (Phi) is 5.76. The van der Waals surface area contributed by atoms with Crippen LogP contribution in [0.15, 0.2) is 17.3 Å². The van der Waals surface area contributed by atoms with Gasteiger partial charge in [0, 0.05) is 13.1 Å². The molecular formula is C8H16N6O4S2. The van der Waals surface area contributed by atoms with Gasteiger partial charge < -0.3 is 0 Å². The first kappa shape index (κ1) is 16.7. The Morgan fingerprint density at radius 1 is 1.10 bits per heavy atom. The molecule has 5 N–H and O–H groups in total. The van der Waals surface area contributed by atoms with E-state index in [-0.39, 0.29) is 23.9 Å². The van der Waals surface area contributed by atoms with Crippen molar-refractivity contribution in [1.82, 2.24) is 19.4 Å². The first-order chi connectivity index (χ1) is 9.24. The van der Waals surface area contributed by atoms with Gasteiger partial charge >= 0.3 is 0 Å². The van der Waals surface area contributed by atoms with Gasteiger partial charge in [-0.3, -0.25) is 5.43 Å². The molecule has 0 aliphatic heterocycles. The van der Waals surface area contributed by atoms with Gasteiger partial charge in [-0.2, -0.15) is 0 Å². The second-order valence-electron chi connectivity index (χ2n) is 3.80. The number of hydrogen-bond donors (Lipinski definition) is 4. The number of nitrogen functional groups attached to an aromatic ring is 1. The lowest BCUT2D eigenvalue weighted by Crippen LogP contribution is -2.29. The summed E-state index contributed by atoms with van der Waals surface area (Å²) in [5, 5.41) is 0. The van der Waals surface area contributed by atoms with Crippen molar-refractivity contribution in [3.05, 3.63) is 12.4 Å². The Labute approximate surface area is 117 Å². The highest BCUT2D eigenvalue weighted by Crippen LogP contribution is 2.06. The Bertz CT molecular complexity index is 627. The quantitative estimate of drug-likeness (QED) is 0.242. The Morgan fingerprint density at radius 2 is 1.65 bits per heavy atom. The lowest BCUT2D eigenvalue weighted by atomic mass is 10.4. The first-order valence-electron chi connectivity index (χ1n) is 5.47.